The standard InChI is InChI=1S/C16H17NO4/c1-2-20-16(19)11-21-14-7-3-5-12(9-14)15-8-4-6-13(10-18)17-15/h3-9,18H,2,10-11H2,1H3. The van der Waals surface area contributed by atoms with Gasteiger partial charge in [-0.15, -0.1) is 0 Å². The average Bonchev–Trinajstić information content (AvgIpc) is 2.53. The summed E-state index contributed by atoms with van der Waals surface area (Å²) in [6, 6.07) is 12.7. The van der Waals surface area contributed by atoms with Crippen molar-refractivity contribution >= 4 is 5.97 Å². The summed E-state index contributed by atoms with van der Waals surface area (Å²) in [4.78, 5) is 15.6. The van der Waals surface area contributed by atoms with Crippen LogP contribution < -0.4 is 4.74 Å². The molecule has 0 unspecified atom stereocenters. The molecule has 0 aliphatic rings. The van der Waals surface area contributed by atoms with E-state index in [4.69, 9.17) is 14.6 Å². The van der Waals surface area contributed by atoms with Crippen LogP contribution in [0.3, 0.4) is 0 Å². The fourth-order valence-electron chi connectivity index (χ4n) is 1.82. The lowest BCUT2D eigenvalue weighted by Gasteiger charge is -2.08. The molecule has 0 aliphatic heterocycles. The first-order valence-corrected chi connectivity index (χ1v) is 6.68. The minimum Gasteiger partial charge on any atom is -0.482 e. The van der Waals surface area contributed by atoms with E-state index in [9.17, 15) is 4.79 Å². The zero-order valence-electron chi connectivity index (χ0n) is 11.8. The van der Waals surface area contributed by atoms with Crippen molar-refractivity contribution in [3.05, 3.63) is 48.2 Å². The van der Waals surface area contributed by atoms with Gasteiger partial charge < -0.3 is 14.6 Å². The Morgan fingerprint density at radius 2 is 2.05 bits per heavy atom. The maximum Gasteiger partial charge on any atom is 0.344 e. The van der Waals surface area contributed by atoms with Gasteiger partial charge in [0.2, 0.25) is 0 Å². The lowest BCUT2D eigenvalue weighted by molar-refractivity contribution is -0.145. The minimum absolute atomic E-state index is 0.104. The number of benzene rings is 1. The predicted molar refractivity (Wildman–Crippen MR) is 77.7 cm³/mol. The molecule has 1 heterocycles. The van der Waals surface area contributed by atoms with Crippen LogP contribution in [0.1, 0.15) is 12.6 Å². The van der Waals surface area contributed by atoms with Gasteiger partial charge in [0, 0.05) is 5.56 Å². The van der Waals surface area contributed by atoms with Crippen LogP contribution in [0.4, 0.5) is 0 Å². The summed E-state index contributed by atoms with van der Waals surface area (Å²) in [5.41, 5.74) is 2.19. The first-order chi connectivity index (χ1) is 10.2. The quantitative estimate of drug-likeness (QED) is 0.825. The number of rotatable bonds is 6. The van der Waals surface area contributed by atoms with E-state index >= 15 is 0 Å². The molecule has 5 heteroatoms. The Morgan fingerprint density at radius 3 is 2.81 bits per heavy atom. The number of ether oxygens (including phenoxy) is 2. The van der Waals surface area contributed by atoms with Crippen molar-refractivity contribution in [2.24, 2.45) is 0 Å². The van der Waals surface area contributed by atoms with E-state index in [1.165, 1.54) is 0 Å². The lowest BCUT2D eigenvalue weighted by Crippen LogP contribution is -2.14. The third-order valence-corrected chi connectivity index (χ3v) is 2.76. The van der Waals surface area contributed by atoms with Gasteiger partial charge in [0.05, 0.1) is 24.6 Å². The molecule has 0 radical (unpaired) electrons. The smallest absolute Gasteiger partial charge is 0.344 e. The Labute approximate surface area is 123 Å². The summed E-state index contributed by atoms with van der Waals surface area (Å²) in [6.07, 6.45) is 0. The Kier molecular flexibility index (Phi) is 5.29. The van der Waals surface area contributed by atoms with Crippen LogP contribution in [0.5, 0.6) is 5.75 Å². The van der Waals surface area contributed by atoms with E-state index in [1.54, 1.807) is 25.1 Å². The van der Waals surface area contributed by atoms with Crippen molar-refractivity contribution in [1.29, 1.82) is 0 Å². The molecule has 0 saturated carbocycles. The number of aromatic nitrogens is 1. The van der Waals surface area contributed by atoms with Gasteiger partial charge in [0.15, 0.2) is 6.61 Å². The summed E-state index contributed by atoms with van der Waals surface area (Å²) in [5.74, 6) is 0.167. The Bertz CT molecular complexity index is 613. The second-order valence-electron chi connectivity index (χ2n) is 4.29. The number of carbonyl (C=O) groups excluding carboxylic acids is 1. The molecule has 110 valence electrons. The highest BCUT2D eigenvalue weighted by Crippen LogP contribution is 2.22. The second kappa shape index (κ2) is 7.40. The van der Waals surface area contributed by atoms with E-state index in [-0.39, 0.29) is 13.2 Å². The number of hydrogen-bond donors (Lipinski definition) is 1. The van der Waals surface area contributed by atoms with Crippen molar-refractivity contribution < 1.29 is 19.4 Å². The predicted octanol–water partition coefficient (Wildman–Crippen LogP) is 2.18. The van der Waals surface area contributed by atoms with Gasteiger partial charge in [-0.3, -0.25) is 4.98 Å². The maximum atomic E-state index is 11.3. The normalized spacial score (nSPS) is 10.2. The van der Waals surface area contributed by atoms with E-state index in [0.717, 1.165) is 11.3 Å². The molecule has 0 spiro atoms. The van der Waals surface area contributed by atoms with Crippen molar-refractivity contribution in [2.75, 3.05) is 13.2 Å². The third-order valence-electron chi connectivity index (χ3n) is 2.76. The van der Waals surface area contributed by atoms with Gasteiger partial charge in [-0.2, -0.15) is 0 Å². The zero-order valence-corrected chi connectivity index (χ0v) is 11.8. The molecular weight excluding hydrogens is 270 g/mol. The van der Waals surface area contributed by atoms with E-state index in [0.29, 0.717) is 18.1 Å². The van der Waals surface area contributed by atoms with Crippen LogP contribution in [0.25, 0.3) is 11.3 Å². The first kappa shape index (κ1) is 15.0. The second-order valence-corrected chi connectivity index (χ2v) is 4.29. The summed E-state index contributed by atoms with van der Waals surface area (Å²) in [5, 5.41) is 9.12. The molecule has 2 rings (SSSR count). The molecule has 5 nitrogen and oxygen atoms in total. The summed E-state index contributed by atoms with van der Waals surface area (Å²) in [7, 11) is 0. The SMILES string of the molecule is CCOC(=O)COc1cccc(-c2cccc(CO)n2)c1. The van der Waals surface area contributed by atoms with Crippen LogP contribution >= 0.6 is 0 Å². The highest BCUT2D eigenvalue weighted by molar-refractivity contribution is 5.71. The van der Waals surface area contributed by atoms with Crippen LogP contribution in [0.15, 0.2) is 42.5 Å². The number of pyridine rings is 1. The number of hydrogen-bond acceptors (Lipinski definition) is 5. The van der Waals surface area contributed by atoms with Crippen LogP contribution in [0.2, 0.25) is 0 Å². The van der Waals surface area contributed by atoms with Crippen LogP contribution in [-0.2, 0) is 16.1 Å². The topological polar surface area (TPSA) is 68.7 Å². The molecule has 0 bridgehead atoms. The van der Waals surface area contributed by atoms with E-state index in [1.807, 2.05) is 24.3 Å². The van der Waals surface area contributed by atoms with Crippen molar-refractivity contribution in [2.45, 2.75) is 13.5 Å². The molecule has 1 N–H and O–H groups in total. The molecule has 2 aromatic rings. The molecule has 0 aliphatic carbocycles. The summed E-state index contributed by atoms with van der Waals surface area (Å²) in [6.45, 7) is 1.85. The number of aliphatic hydroxyl groups excluding tert-OH is 1. The fraction of sp³-hybridized carbons (Fsp3) is 0.250. The first-order valence-electron chi connectivity index (χ1n) is 6.68. The van der Waals surface area contributed by atoms with Gasteiger partial charge in [0.1, 0.15) is 5.75 Å². The Hall–Kier alpha value is -2.40. The zero-order chi connectivity index (χ0) is 15.1. The van der Waals surface area contributed by atoms with Gasteiger partial charge >= 0.3 is 5.97 Å². The van der Waals surface area contributed by atoms with Crippen LogP contribution in [-0.4, -0.2) is 29.3 Å². The van der Waals surface area contributed by atoms with Gasteiger partial charge in [-0.05, 0) is 31.2 Å². The molecule has 0 amide bonds. The van der Waals surface area contributed by atoms with Gasteiger partial charge in [0.25, 0.3) is 0 Å². The average molecular weight is 287 g/mol. The molecule has 1 aromatic carbocycles. The maximum absolute atomic E-state index is 11.3. The number of aliphatic hydroxyl groups is 1. The minimum atomic E-state index is -0.400. The number of carbonyl (C=O) groups is 1. The third kappa shape index (κ3) is 4.29. The molecular formula is C16H17NO4. The molecule has 21 heavy (non-hydrogen) atoms. The molecule has 0 saturated heterocycles. The number of nitrogens with zero attached hydrogens (tertiary/aromatic N) is 1. The highest BCUT2D eigenvalue weighted by atomic mass is 16.6. The molecule has 0 fully saturated rings. The van der Waals surface area contributed by atoms with Crippen molar-refractivity contribution in [3.63, 3.8) is 0 Å². The van der Waals surface area contributed by atoms with Crippen molar-refractivity contribution in [3.8, 4) is 17.0 Å². The fourth-order valence-corrected chi connectivity index (χ4v) is 1.82. The monoisotopic (exact) mass is 287 g/mol. The van der Waals surface area contributed by atoms with Gasteiger partial charge in [-0.25, -0.2) is 4.79 Å². The van der Waals surface area contributed by atoms with E-state index < -0.39 is 5.97 Å². The summed E-state index contributed by atoms with van der Waals surface area (Å²) < 4.78 is 10.2. The summed E-state index contributed by atoms with van der Waals surface area (Å²) >= 11 is 0. The highest BCUT2D eigenvalue weighted by Gasteiger charge is 2.05. The van der Waals surface area contributed by atoms with E-state index in [2.05, 4.69) is 4.98 Å². The Balaban J connectivity index is 2.11. The van der Waals surface area contributed by atoms with Crippen molar-refractivity contribution in [1.82, 2.24) is 4.98 Å². The number of esters is 1. The Morgan fingerprint density at radius 1 is 1.24 bits per heavy atom. The van der Waals surface area contributed by atoms with Gasteiger partial charge in [-0.1, -0.05) is 18.2 Å². The van der Waals surface area contributed by atoms with Crippen LogP contribution in [0, 0.1) is 0 Å². The molecule has 1 aromatic heterocycles. The largest absolute Gasteiger partial charge is 0.482 e. The lowest BCUT2D eigenvalue weighted by atomic mass is 10.1. The molecule has 0 atom stereocenters.